The van der Waals surface area contributed by atoms with Gasteiger partial charge in [-0.3, -0.25) is 0 Å². The van der Waals surface area contributed by atoms with Crippen LogP contribution in [-0.2, 0) is 0 Å². The number of hydrogen-bond acceptors (Lipinski definition) is 4. The SMILES string of the molecule is CN(CC1CCCC1)CC1CCCN1c1cccnn1. The molecule has 1 unspecified atom stereocenters. The van der Waals surface area contributed by atoms with E-state index in [0.717, 1.165) is 24.8 Å². The molecule has 0 amide bonds. The average molecular weight is 274 g/mol. The fraction of sp³-hybridized carbons (Fsp3) is 0.750. The third kappa shape index (κ3) is 3.29. The highest BCUT2D eigenvalue weighted by molar-refractivity contribution is 5.39. The maximum atomic E-state index is 4.28. The van der Waals surface area contributed by atoms with Gasteiger partial charge in [0.15, 0.2) is 5.82 Å². The molecule has 1 aromatic heterocycles. The first-order valence-corrected chi connectivity index (χ1v) is 8.06. The molecule has 1 aliphatic carbocycles. The van der Waals surface area contributed by atoms with Gasteiger partial charge in [0, 0.05) is 31.9 Å². The average Bonchev–Trinajstić information content (AvgIpc) is 3.11. The first kappa shape index (κ1) is 13.8. The van der Waals surface area contributed by atoms with Crippen molar-refractivity contribution in [2.45, 2.75) is 44.6 Å². The van der Waals surface area contributed by atoms with E-state index in [1.165, 1.54) is 45.1 Å². The first-order chi connectivity index (χ1) is 9.83. The van der Waals surface area contributed by atoms with Gasteiger partial charge >= 0.3 is 0 Å². The van der Waals surface area contributed by atoms with Gasteiger partial charge in [-0.25, -0.2) is 0 Å². The van der Waals surface area contributed by atoms with Crippen LogP contribution in [0.25, 0.3) is 0 Å². The molecule has 0 N–H and O–H groups in total. The molecule has 0 spiro atoms. The summed E-state index contributed by atoms with van der Waals surface area (Å²) >= 11 is 0. The van der Waals surface area contributed by atoms with Gasteiger partial charge in [0.05, 0.1) is 0 Å². The van der Waals surface area contributed by atoms with Crippen molar-refractivity contribution in [2.24, 2.45) is 5.92 Å². The molecule has 20 heavy (non-hydrogen) atoms. The Hall–Kier alpha value is -1.16. The molecule has 1 aromatic rings. The minimum atomic E-state index is 0.609. The molecule has 0 radical (unpaired) electrons. The van der Waals surface area contributed by atoms with Crippen molar-refractivity contribution in [3.8, 4) is 0 Å². The van der Waals surface area contributed by atoms with Crippen LogP contribution in [0.3, 0.4) is 0 Å². The molecule has 1 saturated heterocycles. The zero-order chi connectivity index (χ0) is 13.8. The summed E-state index contributed by atoms with van der Waals surface area (Å²) in [4.78, 5) is 4.98. The molecule has 0 bridgehead atoms. The normalized spacial score (nSPS) is 23.9. The third-order valence-electron chi connectivity index (χ3n) is 4.80. The summed E-state index contributed by atoms with van der Waals surface area (Å²) in [5, 5.41) is 8.30. The van der Waals surface area contributed by atoms with E-state index >= 15 is 0 Å². The Morgan fingerprint density at radius 1 is 1.20 bits per heavy atom. The molecule has 2 heterocycles. The lowest BCUT2D eigenvalue weighted by Gasteiger charge is -2.30. The lowest BCUT2D eigenvalue weighted by Crippen LogP contribution is -2.40. The Morgan fingerprint density at radius 2 is 2.05 bits per heavy atom. The Kier molecular flexibility index (Phi) is 4.51. The Morgan fingerprint density at radius 3 is 2.80 bits per heavy atom. The lowest BCUT2D eigenvalue weighted by atomic mass is 10.1. The Bertz CT molecular complexity index is 402. The summed E-state index contributed by atoms with van der Waals surface area (Å²) in [6.07, 6.45) is 10.1. The number of anilines is 1. The summed E-state index contributed by atoms with van der Waals surface area (Å²) in [6, 6.07) is 4.68. The van der Waals surface area contributed by atoms with Crippen molar-refractivity contribution >= 4 is 5.82 Å². The highest BCUT2D eigenvalue weighted by Gasteiger charge is 2.27. The van der Waals surface area contributed by atoms with Crippen LogP contribution < -0.4 is 4.90 Å². The molecular formula is C16H26N4. The fourth-order valence-corrected chi connectivity index (χ4v) is 3.84. The predicted molar refractivity (Wildman–Crippen MR) is 81.9 cm³/mol. The second-order valence-electron chi connectivity index (χ2n) is 6.44. The molecule has 3 rings (SSSR count). The topological polar surface area (TPSA) is 32.3 Å². The van der Waals surface area contributed by atoms with Gasteiger partial charge in [-0.2, -0.15) is 5.10 Å². The van der Waals surface area contributed by atoms with Crippen LogP contribution in [0.15, 0.2) is 18.3 Å². The van der Waals surface area contributed by atoms with Gasteiger partial charge in [0.2, 0.25) is 0 Å². The van der Waals surface area contributed by atoms with Gasteiger partial charge < -0.3 is 9.80 Å². The van der Waals surface area contributed by atoms with Crippen molar-refractivity contribution in [2.75, 3.05) is 31.6 Å². The quantitative estimate of drug-likeness (QED) is 0.826. The molecule has 2 aliphatic rings. The van der Waals surface area contributed by atoms with Crippen LogP contribution in [0.5, 0.6) is 0 Å². The van der Waals surface area contributed by atoms with E-state index in [-0.39, 0.29) is 0 Å². The molecule has 0 aromatic carbocycles. The molecular weight excluding hydrogens is 248 g/mol. The van der Waals surface area contributed by atoms with E-state index in [1.54, 1.807) is 6.20 Å². The molecule has 4 nitrogen and oxygen atoms in total. The minimum Gasteiger partial charge on any atom is -0.351 e. The van der Waals surface area contributed by atoms with Crippen LogP contribution in [0.1, 0.15) is 38.5 Å². The van der Waals surface area contributed by atoms with E-state index in [4.69, 9.17) is 0 Å². The monoisotopic (exact) mass is 274 g/mol. The van der Waals surface area contributed by atoms with Crippen molar-refractivity contribution in [1.82, 2.24) is 15.1 Å². The van der Waals surface area contributed by atoms with Crippen LogP contribution in [-0.4, -0.2) is 47.8 Å². The zero-order valence-electron chi connectivity index (χ0n) is 12.5. The van der Waals surface area contributed by atoms with Crippen LogP contribution in [0.4, 0.5) is 5.82 Å². The maximum absolute atomic E-state index is 4.28. The standard InChI is InChI=1S/C16H26N4/c1-19(12-14-6-2-3-7-14)13-15-8-5-11-20(15)16-9-4-10-17-18-16/h4,9-10,14-15H,2-3,5-8,11-13H2,1H3. The van der Waals surface area contributed by atoms with Gasteiger partial charge in [0.25, 0.3) is 0 Å². The summed E-state index contributed by atoms with van der Waals surface area (Å²) in [7, 11) is 2.28. The number of rotatable bonds is 5. The summed E-state index contributed by atoms with van der Waals surface area (Å²) < 4.78 is 0. The molecule has 4 heteroatoms. The molecule has 1 atom stereocenters. The molecule has 1 saturated carbocycles. The van der Waals surface area contributed by atoms with Crippen LogP contribution in [0.2, 0.25) is 0 Å². The maximum Gasteiger partial charge on any atom is 0.151 e. The Balaban J connectivity index is 1.55. The number of nitrogens with zero attached hydrogens (tertiary/aromatic N) is 4. The minimum absolute atomic E-state index is 0.609. The Labute approximate surface area is 122 Å². The second kappa shape index (κ2) is 6.53. The summed E-state index contributed by atoms with van der Waals surface area (Å²) in [6.45, 7) is 3.55. The van der Waals surface area contributed by atoms with Gasteiger partial charge in [0.1, 0.15) is 0 Å². The molecule has 110 valence electrons. The highest BCUT2D eigenvalue weighted by atomic mass is 15.3. The van der Waals surface area contributed by atoms with E-state index in [2.05, 4.69) is 33.1 Å². The highest BCUT2D eigenvalue weighted by Crippen LogP contribution is 2.27. The van der Waals surface area contributed by atoms with E-state index in [9.17, 15) is 0 Å². The van der Waals surface area contributed by atoms with Crippen molar-refractivity contribution in [3.05, 3.63) is 18.3 Å². The fourth-order valence-electron chi connectivity index (χ4n) is 3.84. The molecule has 1 aliphatic heterocycles. The van der Waals surface area contributed by atoms with Gasteiger partial charge in [-0.1, -0.05) is 12.8 Å². The zero-order valence-corrected chi connectivity index (χ0v) is 12.5. The van der Waals surface area contributed by atoms with Crippen molar-refractivity contribution in [3.63, 3.8) is 0 Å². The van der Waals surface area contributed by atoms with E-state index < -0.39 is 0 Å². The van der Waals surface area contributed by atoms with Gasteiger partial charge in [-0.05, 0) is 50.8 Å². The van der Waals surface area contributed by atoms with Crippen LogP contribution >= 0.6 is 0 Å². The largest absolute Gasteiger partial charge is 0.351 e. The molecule has 2 fully saturated rings. The number of likely N-dealkylation sites (N-methyl/N-ethyl adjacent to an activating group) is 1. The lowest BCUT2D eigenvalue weighted by molar-refractivity contribution is 0.262. The smallest absolute Gasteiger partial charge is 0.151 e. The van der Waals surface area contributed by atoms with E-state index in [0.29, 0.717) is 6.04 Å². The van der Waals surface area contributed by atoms with Crippen molar-refractivity contribution < 1.29 is 0 Å². The predicted octanol–water partition coefficient (Wildman–Crippen LogP) is 2.57. The number of hydrogen-bond donors (Lipinski definition) is 0. The van der Waals surface area contributed by atoms with Crippen molar-refractivity contribution in [1.29, 1.82) is 0 Å². The third-order valence-corrected chi connectivity index (χ3v) is 4.80. The first-order valence-electron chi connectivity index (χ1n) is 8.06. The summed E-state index contributed by atoms with van der Waals surface area (Å²) in [5.74, 6) is 1.98. The second-order valence-corrected chi connectivity index (χ2v) is 6.44. The summed E-state index contributed by atoms with van der Waals surface area (Å²) in [5.41, 5.74) is 0. The number of aromatic nitrogens is 2. The van der Waals surface area contributed by atoms with E-state index in [1.807, 2.05) is 6.07 Å². The van der Waals surface area contributed by atoms with Gasteiger partial charge in [-0.15, -0.1) is 5.10 Å². The van der Waals surface area contributed by atoms with Crippen LogP contribution in [0, 0.1) is 5.92 Å².